The molecule has 0 aromatic heterocycles. The van der Waals surface area contributed by atoms with Gasteiger partial charge in [0.05, 0.1) is 12.1 Å². The molecule has 0 heterocycles. The number of nitrogens with zero attached hydrogens (tertiary/aromatic N) is 1. The average Bonchev–Trinajstić information content (AvgIpc) is 2.53. The van der Waals surface area contributed by atoms with Gasteiger partial charge in [-0.2, -0.15) is 13.2 Å². The highest BCUT2D eigenvalue weighted by molar-refractivity contribution is 5.87. The van der Waals surface area contributed by atoms with Crippen molar-refractivity contribution >= 4 is 5.97 Å². The summed E-state index contributed by atoms with van der Waals surface area (Å²) in [7, 11) is 0. The molecule has 6 heteroatoms. The van der Waals surface area contributed by atoms with Crippen LogP contribution in [0.1, 0.15) is 27.0 Å². The van der Waals surface area contributed by atoms with Crippen molar-refractivity contribution < 1.29 is 23.1 Å². The van der Waals surface area contributed by atoms with E-state index >= 15 is 0 Å². The van der Waals surface area contributed by atoms with Crippen LogP contribution in [0.5, 0.6) is 0 Å². The standard InChI is InChI=1S/C19H20F3NO2/c1-14-2-4-15(5-3-14)10-11-23(13-19(20,21)22)12-16-6-8-17(9-7-16)18(24)25/h2-9H,10-13H2,1H3,(H,24,25). The summed E-state index contributed by atoms with van der Waals surface area (Å²) in [4.78, 5) is 12.2. The van der Waals surface area contributed by atoms with E-state index in [9.17, 15) is 18.0 Å². The second-order valence-electron chi connectivity index (χ2n) is 6.06. The maximum absolute atomic E-state index is 12.8. The van der Waals surface area contributed by atoms with Crippen molar-refractivity contribution in [3.8, 4) is 0 Å². The van der Waals surface area contributed by atoms with Crippen LogP contribution in [0.4, 0.5) is 13.2 Å². The number of benzene rings is 2. The van der Waals surface area contributed by atoms with E-state index in [1.54, 1.807) is 12.1 Å². The normalized spacial score (nSPS) is 11.7. The number of carbonyl (C=O) groups is 1. The summed E-state index contributed by atoms with van der Waals surface area (Å²) in [6, 6.07) is 13.6. The molecular formula is C19H20F3NO2. The number of aromatic carboxylic acids is 1. The van der Waals surface area contributed by atoms with E-state index in [0.717, 1.165) is 11.1 Å². The SMILES string of the molecule is Cc1ccc(CCN(Cc2ccc(C(=O)O)cc2)CC(F)(F)F)cc1. The molecule has 0 amide bonds. The van der Waals surface area contributed by atoms with Crippen LogP contribution in [0.3, 0.4) is 0 Å². The third kappa shape index (κ3) is 6.58. The molecule has 2 rings (SSSR count). The maximum atomic E-state index is 12.8. The molecule has 0 saturated carbocycles. The summed E-state index contributed by atoms with van der Waals surface area (Å²) in [6.07, 6.45) is -3.77. The van der Waals surface area contributed by atoms with Crippen molar-refractivity contribution in [3.63, 3.8) is 0 Å². The van der Waals surface area contributed by atoms with Crippen LogP contribution in [0.25, 0.3) is 0 Å². The smallest absolute Gasteiger partial charge is 0.401 e. The van der Waals surface area contributed by atoms with Crippen molar-refractivity contribution in [1.82, 2.24) is 4.90 Å². The van der Waals surface area contributed by atoms with Crippen molar-refractivity contribution in [3.05, 3.63) is 70.8 Å². The molecule has 0 aliphatic carbocycles. The van der Waals surface area contributed by atoms with Gasteiger partial charge in [0.25, 0.3) is 0 Å². The molecular weight excluding hydrogens is 331 g/mol. The molecule has 2 aromatic carbocycles. The van der Waals surface area contributed by atoms with Gasteiger partial charge in [0, 0.05) is 13.1 Å². The monoisotopic (exact) mass is 351 g/mol. The quantitative estimate of drug-likeness (QED) is 0.808. The van der Waals surface area contributed by atoms with E-state index in [1.807, 2.05) is 31.2 Å². The molecule has 2 aromatic rings. The van der Waals surface area contributed by atoms with Gasteiger partial charge in [0.2, 0.25) is 0 Å². The first-order valence-corrected chi connectivity index (χ1v) is 7.90. The Hall–Kier alpha value is -2.34. The third-order valence-electron chi connectivity index (χ3n) is 3.85. The highest BCUT2D eigenvalue weighted by Gasteiger charge is 2.30. The molecule has 0 unspecified atom stereocenters. The molecule has 0 aliphatic rings. The molecule has 3 nitrogen and oxygen atoms in total. The Morgan fingerprint density at radius 1 is 1.00 bits per heavy atom. The van der Waals surface area contributed by atoms with E-state index in [4.69, 9.17) is 5.11 Å². The largest absolute Gasteiger partial charge is 0.478 e. The van der Waals surface area contributed by atoms with E-state index in [2.05, 4.69) is 0 Å². The second kappa shape index (κ2) is 8.16. The van der Waals surface area contributed by atoms with Gasteiger partial charge in [-0.1, -0.05) is 42.0 Å². The van der Waals surface area contributed by atoms with Gasteiger partial charge >= 0.3 is 12.1 Å². The predicted octanol–water partition coefficient (Wildman–Crippen LogP) is 4.30. The fraction of sp³-hybridized carbons (Fsp3) is 0.316. The highest BCUT2D eigenvalue weighted by atomic mass is 19.4. The van der Waals surface area contributed by atoms with E-state index in [1.165, 1.54) is 17.0 Å². The Morgan fingerprint density at radius 3 is 2.08 bits per heavy atom. The van der Waals surface area contributed by atoms with Crippen LogP contribution in [0.2, 0.25) is 0 Å². The number of rotatable bonds is 7. The first-order valence-electron chi connectivity index (χ1n) is 7.90. The highest BCUT2D eigenvalue weighted by Crippen LogP contribution is 2.19. The molecule has 1 N–H and O–H groups in total. The van der Waals surface area contributed by atoms with Gasteiger partial charge in [0.15, 0.2) is 0 Å². The summed E-state index contributed by atoms with van der Waals surface area (Å²) in [6.45, 7) is 1.34. The van der Waals surface area contributed by atoms with Gasteiger partial charge in [-0.3, -0.25) is 4.90 Å². The predicted molar refractivity (Wildman–Crippen MR) is 89.6 cm³/mol. The first kappa shape index (κ1) is 19.0. The number of carboxylic acid groups (broad SMARTS) is 1. The minimum atomic E-state index is -4.28. The van der Waals surface area contributed by atoms with Crippen molar-refractivity contribution in [2.24, 2.45) is 0 Å². The van der Waals surface area contributed by atoms with Crippen LogP contribution in [-0.4, -0.2) is 35.2 Å². The Morgan fingerprint density at radius 2 is 1.56 bits per heavy atom. The third-order valence-corrected chi connectivity index (χ3v) is 3.85. The zero-order valence-electron chi connectivity index (χ0n) is 13.9. The molecule has 0 bridgehead atoms. The van der Waals surface area contributed by atoms with E-state index < -0.39 is 18.7 Å². The van der Waals surface area contributed by atoms with Crippen LogP contribution < -0.4 is 0 Å². The minimum absolute atomic E-state index is 0.116. The maximum Gasteiger partial charge on any atom is 0.401 e. The number of hydrogen-bond donors (Lipinski definition) is 1. The number of hydrogen-bond acceptors (Lipinski definition) is 2. The molecule has 0 saturated heterocycles. The van der Waals surface area contributed by atoms with Gasteiger partial charge < -0.3 is 5.11 Å². The van der Waals surface area contributed by atoms with Gasteiger partial charge in [-0.15, -0.1) is 0 Å². The van der Waals surface area contributed by atoms with Gasteiger partial charge in [-0.05, 0) is 36.6 Å². The zero-order valence-corrected chi connectivity index (χ0v) is 13.9. The average molecular weight is 351 g/mol. The summed E-state index contributed by atoms with van der Waals surface area (Å²) >= 11 is 0. The number of alkyl halides is 3. The van der Waals surface area contributed by atoms with E-state index in [-0.39, 0.29) is 18.7 Å². The Kier molecular flexibility index (Phi) is 6.20. The molecule has 0 spiro atoms. The lowest BCUT2D eigenvalue weighted by molar-refractivity contribution is -0.147. The number of carboxylic acids is 1. The first-order chi connectivity index (χ1) is 11.7. The van der Waals surface area contributed by atoms with E-state index in [0.29, 0.717) is 12.0 Å². The fourth-order valence-electron chi connectivity index (χ4n) is 2.52. The molecule has 0 atom stereocenters. The van der Waals surface area contributed by atoms with Crippen LogP contribution in [0, 0.1) is 6.92 Å². The fourth-order valence-corrected chi connectivity index (χ4v) is 2.52. The summed E-state index contributed by atoms with van der Waals surface area (Å²) in [5.41, 5.74) is 2.86. The number of aryl methyl sites for hydroxylation is 1. The Bertz CT molecular complexity index is 694. The molecule has 25 heavy (non-hydrogen) atoms. The van der Waals surface area contributed by atoms with Crippen LogP contribution >= 0.6 is 0 Å². The second-order valence-corrected chi connectivity index (χ2v) is 6.06. The molecule has 0 fully saturated rings. The van der Waals surface area contributed by atoms with Crippen LogP contribution in [0.15, 0.2) is 48.5 Å². The lowest BCUT2D eigenvalue weighted by Gasteiger charge is -2.24. The van der Waals surface area contributed by atoms with Gasteiger partial charge in [-0.25, -0.2) is 4.79 Å². The number of halogens is 3. The topological polar surface area (TPSA) is 40.5 Å². The molecule has 0 radical (unpaired) electrons. The van der Waals surface area contributed by atoms with Gasteiger partial charge in [0.1, 0.15) is 0 Å². The molecule has 0 aliphatic heterocycles. The Balaban J connectivity index is 2.04. The summed E-state index contributed by atoms with van der Waals surface area (Å²) in [5, 5.41) is 8.88. The lowest BCUT2D eigenvalue weighted by Crippen LogP contribution is -2.35. The lowest BCUT2D eigenvalue weighted by atomic mass is 10.1. The Labute approximate surface area is 144 Å². The van der Waals surface area contributed by atoms with Crippen molar-refractivity contribution in [2.75, 3.05) is 13.1 Å². The van der Waals surface area contributed by atoms with Crippen molar-refractivity contribution in [1.29, 1.82) is 0 Å². The summed E-state index contributed by atoms with van der Waals surface area (Å²) in [5.74, 6) is -1.06. The van der Waals surface area contributed by atoms with Crippen molar-refractivity contribution in [2.45, 2.75) is 26.1 Å². The zero-order chi connectivity index (χ0) is 18.4. The van der Waals surface area contributed by atoms with Crippen LogP contribution in [-0.2, 0) is 13.0 Å². The molecule has 134 valence electrons. The minimum Gasteiger partial charge on any atom is -0.478 e. The summed E-state index contributed by atoms with van der Waals surface area (Å²) < 4.78 is 38.5.